The number of amides is 1. The molecule has 40 heavy (non-hydrogen) atoms. The fourth-order valence-corrected chi connectivity index (χ4v) is 5.23. The first-order chi connectivity index (χ1) is 19.2. The first kappa shape index (κ1) is 27.6. The average molecular weight is 555 g/mol. The van der Waals surface area contributed by atoms with E-state index >= 15 is 0 Å². The lowest BCUT2D eigenvalue weighted by Crippen LogP contribution is -2.37. The Kier molecular flexibility index (Phi) is 8.02. The zero-order valence-electron chi connectivity index (χ0n) is 22.4. The summed E-state index contributed by atoms with van der Waals surface area (Å²) >= 11 is 0. The number of nitrogens with zero attached hydrogens (tertiary/aromatic N) is 2. The molecule has 2 N–H and O–H groups in total. The number of hydrogen-bond donors (Lipinski definition) is 2. The van der Waals surface area contributed by atoms with E-state index in [1.807, 2.05) is 36.4 Å². The van der Waals surface area contributed by atoms with Gasteiger partial charge in [0.1, 0.15) is 18.2 Å². The molecular weight excluding hydrogens is 522 g/mol. The molecule has 1 unspecified atom stereocenters. The van der Waals surface area contributed by atoms with Gasteiger partial charge in [0.25, 0.3) is 0 Å². The van der Waals surface area contributed by atoms with Crippen molar-refractivity contribution in [1.82, 2.24) is 19.9 Å². The summed E-state index contributed by atoms with van der Waals surface area (Å²) in [6.45, 7) is 2.12. The highest BCUT2D eigenvalue weighted by atomic mass is 19.3. The summed E-state index contributed by atoms with van der Waals surface area (Å²) in [7, 11) is 1.56. The number of aromatic amines is 1. The molecule has 0 aliphatic heterocycles. The number of alkyl carbamates (subject to hydrolysis) is 1. The number of hydrogen-bond acceptors (Lipinski definition) is 6. The standard InChI is InChI=1S/C29H32F2N4O5/c1-18-15-35(27(36)32-18)23(17-38-2)21-8-9-24-22(14-21)33-26(40-24)25(20-10-12-29(30,31)13-11-20)34-28(37)39-16-19-6-4-3-5-7-19/h3-9,14-15,20,23,25H,10-13,16-17H2,1-2H3,(H,32,36)(H,34,37)/t23?,25-/m0/s1. The molecule has 1 saturated carbocycles. The van der Waals surface area contributed by atoms with Crippen LogP contribution < -0.4 is 11.0 Å². The quantitative estimate of drug-likeness (QED) is 0.276. The zero-order chi connectivity index (χ0) is 28.3. The lowest BCUT2D eigenvalue weighted by atomic mass is 9.82. The number of methoxy groups -OCH3 is 1. The molecule has 0 bridgehead atoms. The second-order valence-corrected chi connectivity index (χ2v) is 10.3. The van der Waals surface area contributed by atoms with Crippen LogP contribution in [-0.2, 0) is 16.1 Å². The molecule has 0 radical (unpaired) electrons. The van der Waals surface area contributed by atoms with Gasteiger partial charge in [-0.2, -0.15) is 0 Å². The average Bonchev–Trinajstić information content (AvgIpc) is 3.51. The number of benzene rings is 2. The first-order valence-electron chi connectivity index (χ1n) is 13.2. The fraction of sp³-hybridized carbons (Fsp3) is 0.414. The summed E-state index contributed by atoms with van der Waals surface area (Å²) in [5.74, 6) is -2.81. The number of alkyl halides is 2. The minimum Gasteiger partial charge on any atom is -0.445 e. The molecule has 1 aliphatic rings. The predicted molar refractivity (Wildman–Crippen MR) is 143 cm³/mol. The second kappa shape index (κ2) is 11.6. The number of nitrogens with one attached hydrogen (secondary N) is 2. The number of fused-ring (bicyclic) bond motifs is 1. The maximum atomic E-state index is 13.9. The third-order valence-corrected chi connectivity index (χ3v) is 7.33. The van der Waals surface area contributed by atoms with Crippen LogP contribution in [0.5, 0.6) is 0 Å². The number of carbonyl (C=O) groups excluding carboxylic acids is 1. The van der Waals surface area contributed by atoms with E-state index in [4.69, 9.17) is 13.9 Å². The largest absolute Gasteiger partial charge is 0.445 e. The number of aryl methyl sites for hydroxylation is 1. The molecule has 11 heteroatoms. The Bertz CT molecular complexity index is 1500. The SMILES string of the molecule is COCC(c1ccc2oc([C@@H](NC(=O)OCc3ccccc3)C3CCC(F)(F)CC3)nc2c1)n1cc(C)[nH]c1=O. The Morgan fingerprint density at radius 2 is 1.98 bits per heavy atom. The highest BCUT2D eigenvalue weighted by Gasteiger charge is 2.40. The highest BCUT2D eigenvalue weighted by Crippen LogP contribution is 2.42. The van der Waals surface area contributed by atoms with Crippen molar-refractivity contribution in [2.75, 3.05) is 13.7 Å². The lowest BCUT2D eigenvalue weighted by molar-refractivity contribution is -0.0505. The number of H-pyrrole nitrogens is 1. The van der Waals surface area contributed by atoms with Gasteiger partial charge in [-0.05, 0) is 48.9 Å². The van der Waals surface area contributed by atoms with Gasteiger partial charge < -0.3 is 24.2 Å². The molecule has 4 aromatic rings. The van der Waals surface area contributed by atoms with Crippen LogP contribution in [0.2, 0.25) is 0 Å². The van der Waals surface area contributed by atoms with Crippen LogP contribution in [0.15, 0.2) is 63.9 Å². The van der Waals surface area contributed by atoms with Gasteiger partial charge in [0, 0.05) is 31.8 Å². The van der Waals surface area contributed by atoms with Crippen LogP contribution in [0.1, 0.15) is 60.5 Å². The third-order valence-electron chi connectivity index (χ3n) is 7.33. The molecular formula is C29H32F2N4O5. The van der Waals surface area contributed by atoms with Crippen LogP contribution in [0.3, 0.4) is 0 Å². The molecule has 1 fully saturated rings. The van der Waals surface area contributed by atoms with Gasteiger partial charge in [-0.3, -0.25) is 4.57 Å². The number of aromatic nitrogens is 3. The molecule has 5 rings (SSSR count). The van der Waals surface area contributed by atoms with E-state index in [-0.39, 0.29) is 56.4 Å². The van der Waals surface area contributed by atoms with Gasteiger partial charge in [-0.15, -0.1) is 0 Å². The number of imidazole rings is 1. The van der Waals surface area contributed by atoms with Crippen LogP contribution in [0.4, 0.5) is 13.6 Å². The molecule has 2 atom stereocenters. The van der Waals surface area contributed by atoms with Crippen molar-refractivity contribution in [3.05, 3.63) is 87.9 Å². The van der Waals surface area contributed by atoms with Gasteiger partial charge in [-0.1, -0.05) is 36.4 Å². The van der Waals surface area contributed by atoms with Crippen molar-refractivity contribution < 1.29 is 27.5 Å². The smallest absolute Gasteiger partial charge is 0.408 e. The summed E-state index contributed by atoms with van der Waals surface area (Å²) in [6.07, 6.45) is 0.894. The normalized spacial score (nSPS) is 17.0. The molecule has 212 valence electrons. The Morgan fingerprint density at radius 3 is 2.65 bits per heavy atom. The maximum Gasteiger partial charge on any atom is 0.408 e. The highest BCUT2D eigenvalue weighted by molar-refractivity contribution is 5.74. The maximum absolute atomic E-state index is 13.9. The van der Waals surface area contributed by atoms with Gasteiger partial charge in [-0.25, -0.2) is 23.4 Å². The predicted octanol–water partition coefficient (Wildman–Crippen LogP) is 5.65. The van der Waals surface area contributed by atoms with Crippen LogP contribution in [0, 0.1) is 12.8 Å². The van der Waals surface area contributed by atoms with Gasteiger partial charge in [0.05, 0.1) is 12.6 Å². The topological polar surface area (TPSA) is 111 Å². The van der Waals surface area contributed by atoms with E-state index in [2.05, 4.69) is 15.3 Å². The fourth-order valence-electron chi connectivity index (χ4n) is 5.23. The number of ether oxygens (including phenoxy) is 2. The monoisotopic (exact) mass is 554 g/mol. The minimum absolute atomic E-state index is 0.0674. The third kappa shape index (κ3) is 6.25. The van der Waals surface area contributed by atoms with E-state index in [0.717, 1.165) is 16.8 Å². The van der Waals surface area contributed by atoms with Crippen LogP contribution in [0.25, 0.3) is 11.1 Å². The molecule has 0 spiro atoms. The number of halogens is 2. The van der Waals surface area contributed by atoms with E-state index in [0.29, 0.717) is 11.1 Å². The van der Waals surface area contributed by atoms with E-state index < -0.39 is 24.1 Å². The summed E-state index contributed by atoms with van der Waals surface area (Å²) in [5.41, 5.74) is 3.05. The second-order valence-electron chi connectivity index (χ2n) is 10.3. The number of oxazole rings is 1. The van der Waals surface area contributed by atoms with Gasteiger partial charge >= 0.3 is 11.8 Å². The Balaban J connectivity index is 1.42. The summed E-state index contributed by atoms with van der Waals surface area (Å²) in [6, 6.07) is 13.5. The van der Waals surface area contributed by atoms with E-state index in [1.54, 1.807) is 36.9 Å². The summed E-state index contributed by atoms with van der Waals surface area (Å²) in [4.78, 5) is 32.7. The molecule has 9 nitrogen and oxygen atoms in total. The van der Waals surface area contributed by atoms with Crippen molar-refractivity contribution in [2.24, 2.45) is 5.92 Å². The summed E-state index contributed by atoms with van der Waals surface area (Å²) in [5, 5.41) is 2.82. The first-order valence-corrected chi connectivity index (χ1v) is 13.2. The van der Waals surface area contributed by atoms with Crippen LogP contribution in [-0.4, -0.2) is 40.3 Å². The molecule has 2 aromatic heterocycles. The Morgan fingerprint density at radius 1 is 1.23 bits per heavy atom. The van der Waals surface area contributed by atoms with Crippen molar-refractivity contribution in [3.63, 3.8) is 0 Å². The Hall–Kier alpha value is -3.99. The number of carbonyl (C=O) groups is 1. The van der Waals surface area contributed by atoms with Crippen molar-refractivity contribution in [3.8, 4) is 0 Å². The van der Waals surface area contributed by atoms with E-state index in [1.165, 1.54) is 0 Å². The van der Waals surface area contributed by atoms with E-state index in [9.17, 15) is 18.4 Å². The summed E-state index contributed by atoms with van der Waals surface area (Å²) < 4.78 is 46.3. The Labute approximate surface area is 229 Å². The van der Waals surface area contributed by atoms with Crippen LogP contribution >= 0.6 is 0 Å². The van der Waals surface area contributed by atoms with Gasteiger partial charge in [0.2, 0.25) is 11.8 Å². The van der Waals surface area contributed by atoms with Crippen molar-refractivity contribution in [2.45, 2.75) is 57.2 Å². The lowest BCUT2D eigenvalue weighted by Gasteiger charge is -2.32. The molecule has 0 saturated heterocycles. The minimum atomic E-state index is -2.73. The molecule has 2 aromatic carbocycles. The molecule has 1 amide bonds. The van der Waals surface area contributed by atoms with Gasteiger partial charge in [0.15, 0.2) is 5.58 Å². The number of rotatable bonds is 9. The zero-order valence-corrected chi connectivity index (χ0v) is 22.4. The molecule has 2 heterocycles. The van der Waals surface area contributed by atoms with Crippen molar-refractivity contribution >= 4 is 17.2 Å². The van der Waals surface area contributed by atoms with Crippen molar-refractivity contribution in [1.29, 1.82) is 0 Å². The molecule has 1 aliphatic carbocycles.